The molecule has 0 bridgehead atoms. The molecule has 0 amide bonds. The van der Waals surface area contributed by atoms with Gasteiger partial charge in [0.2, 0.25) is 0 Å². The van der Waals surface area contributed by atoms with Crippen LogP contribution in [0.15, 0.2) is 0 Å². The van der Waals surface area contributed by atoms with Crippen LogP contribution in [-0.4, -0.2) is 63.5 Å². The number of likely N-dealkylation sites (tertiary alicyclic amines) is 1. The molecule has 2 atom stereocenters. The minimum atomic E-state index is 0.458. The maximum absolute atomic E-state index is 5.63. The first-order valence-corrected chi connectivity index (χ1v) is 7.85. The molecule has 0 aromatic carbocycles. The van der Waals surface area contributed by atoms with E-state index in [4.69, 9.17) is 9.47 Å². The maximum Gasteiger partial charge on any atom is 0.0700 e. The van der Waals surface area contributed by atoms with Crippen molar-refractivity contribution in [1.29, 1.82) is 0 Å². The minimum absolute atomic E-state index is 0.458. The number of nitrogens with zero attached hydrogens (tertiary/aromatic N) is 1. The zero-order valence-corrected chi connectivity index (χ0v) is 12.6. The Labute approximate surface area is 117 Å². The van der Waals surface area contributed by atoms with Gasteiger partial charge < -0.3 is 14.8 Å². The van der Waals surface area contributed by atoms with Crippen LogP contribution in [0.5, 0.6) is 0 Å². The van der Waals surface area contributed by atoms with E-state index in [-0.39, 0.29) is 0 Å². The first kappa shape index (κ1) is 15.2. The molecule has 2 rings (SSSR count). The van der Waals surface area contributed by atoms with E-state index in [1.165, 1.54) is 38.8 Å². The van der Waals surface area contributed by atoms with Crippen molar-refractivity contribution in [1.82, 2.24) is 10.2 Å². The van der Waals surface area contributed by atoms with E-state index in [1.54, 1.807) is 0 Å². The summed E-state index contributed by atoms with van der Waals surface area (Å²) < 4.78 is 10.9. The summed E-state index contributed by atoms with van der Waals surface area (Å²) in [6, 6.07) is 0.630. The van der Waals surface area contributed by atoms with Gasteiger partial charge in [-0.1, -0.05) is 0 Å². The number of rotatable bonds is 7. The summed E-state index contributed by atoms with van der Waals surface area (Å²) >= 11 is 0. The average molecular weight is 270 g/mol. The van der Waals surface area contributed by atoms with Gasteiger partial charge >= 0.3 is 0 Å². The van der Waals surface area contributed by atoms with Crippen molar-refractivity contribution in [2.75, 3.05) is 46.5 Å². The van der Waals surface area contributed by atoms with Gasteiger partial charge in [-0.3, -0.25) is 4.90 Å². The number of methoxy groups -OCH3 is 1. The molecule has 0 aliphatic carbocycles. The van der Waals surface area contributed by atoms with E-state index in [2.05, 4.69) is 17.1 Å². The summed E-state index contributed by atoms with van der Waals surface area (Å²) in [5.74, 6) is 0.772. The highest BCUT2D eigenvalue weighted by atomic mass is 16.5. The van der Waals surface area contributed by atoms with E-state index in [0.717, 1.165) is 32.2 Å². The van der Waals surface area contributed by atoms with E-state index >= 15 is 0 Å². The van der Waals surface area contributed by atoms with Crippen molar-refractivity contribution in [3.05, 3.63) is 0 Å². The Morgan fingerprint density at radius 1 is 1.32 bits per heavy atom. The number of nitrogens with one attached hydrogen (secondary N) is 1. The molecule has 112 valence electrons. The Hall–Kier alpha value is -0.160. The van der Waals surface area contributed by atoms with Crippen molar-refractivity contribution in [3.63, 3.8) is 0 Å². The second kappa shape index (κ2) is 8.20. The van der Waals surface area contributed by atoms with Gasteiger partial charge in [-0.25, -0.2) is 0 Å². The summed E-state index contributed by atoms with van der Waals surface area (Å²) in [6.45, 7) is 8.75. The summed E-state index contributed by atoms with van der Waals surface area (Å²) in [5, 5.41) is 3.57. The first-order valence-electron chi connectivity index (χ1n) is 7.85. The van der Waals surface area contributed by atoms with Crippen LogP contribution in [-0.2, 0) is 9.47 Å². The number of ether oxygens (including phenoxy) is 2. The molecule has 2 heterocycles. The molecule has 4 nitrogen and oxygen atoms in total. The van der Waals surface area contributed by atoms with Gasteiger partial charge in [0.05, 0.1) is 6.10 Å². The number of piperidine rings is 1. The van der Waals surface area contributed by atoms with Gasteiger partial charge in [0, 0.05) is 39.5 Å². The largest absolute Gasteiger partial charge is 0.384 e. The van der Waals surface area contributed by atoms with Crippen LogP contribution < -0.4 is 5.32 Å². The Bertz CT molecular complexity index is 236. The Morgan fingerprint density at radius 2 is 2.11 bits per heavy atom. The summed E-state index contributed by atoms with van der Waals surface area (Å²) in [7, 11) is 1.81. The van der Waals surface area contributed by atoms with Gasteiger partial charge in [-0.05, 0) is 51.6 Å². The van der Waals surface area contributed by atoms with Crippen LogP contribution in [0.25, 0.3) is 0 Å². The third kappa shape index (κ3) is 5.03. The molecule has 2 aliphatic heterocycles. The van der Waals surface area contributed by atoms with Crippen LogP contribution in [0.2, 0.25) is 0 Å². The number of hydrogen-bond acceptors (Lipinski definition) is 4. The topological polar surface area (TPSA) is 33.7 Å². The molecule has 4 heteroatoms. The van der Waals surface area contributed by atoms with Crippen LogP contribution in [0.4, 0.5) is 0 Å². The second-order valence-corrected chi connectivity index (χ2v) is 6.08. The summed E-state index contributed by atoms with van der Waals surface area (Å²) in [5.41, 5.74) is 0. The lowest BCUT2D eigenvalue weighted by atomic mass is 9.97. The SMILES string of the molecule is COCC1CCN(C(C)CNCC2CCCO2)CC1. The molecule has 2 saturated heterocycles. The fraction of sp³-hybridized carbons (Fsp3) is 1.00. The first-order chi connectivity index (χ1) is 9.29. The van der Waals surface area contributed by atoms with E-state index in [9.17, 15) is 0 Å². The van der Waals surface area contributed by atoms with Crippen LogP contribution in [0.1, 0.15) is 32.6 Å². The zero-order chi connectivity index (χ0) is 13.5. The number of hydrogen-bond donors (Lipinski definition) is 1. The molecule has 0 radical (unpaired) electrons. The van der Waals surface area contributed by atoms with Crippen LogP contribution in [0, 0.1) is 5.92 Å². The fourth-order valence-electron chi connectivity index (χ4n) is 3.18. The highest BCUT2D eigenvalue weighted by Crippen LogP contribution is 2.19. The molecule has 1 N–H and O–H groups in total. The maximum atomic E-state index is 5.63. The average Bonchev–Trinajstić information content (AvgIpc) is 2.93. The normalized spacial score (nSPS) is 27.8. The lowest BCUT2D eigenvalue weighted by molar-refractivity contribution is 0.0795. The molecule has 2 fully saturated rings. The zero-order valence-electron chi connectivity index (χ0n) is 12.6. The van der Waals surface area contributed by atoms with Gasteiger partial charge in [-0.15, -0.1) is 0 Å². The van der Waals surface area contributed by atoms with E-state index in [1.807, 2.05) is 7.11 Å². The van der Waals surface area contributed by atoms with Gasteiger partial charge in [-0.2, -0.15) is 0 Å². The highest BCUT2D eigenvalue weighted by Gasteiger charge is 2.22. The van der Waals surface area contributed by atoms with Gasteiger partial charge in [0.25, 0.3) is 0 Å². The minimum Gasteiger partial charge on any atom is -0.384 e. The van der Waals surface area contributed by atoms with E-state index in [0.29, 0.717) is 12.1 Å². The third-order valence-electron chi connectivity index (χ3n) is 4.51. The smallest absolute Gasteiger partial charge is 0.0700 e. The van der Waals surface area contributed by atoms with Crippen molar-refractivity contribution in [3.8, 4) is 0 Å². The van der Waals surface area contributed by atoms with Crippen LogP contribution >= 0.6 is 0 Å². The molecular formula is C15H30N2O2. The Morgan fingerprint density at radius 3 is 2.74 bits per heavy atom. The van der Waals surface area contributed by atoms with E-state index < -0.39 is 0 Å². The predicted molar refractivity (Wildman–Crippen MR) is 77.5 cm³/mol. The molecule has 0 saturated carbocycles. The lowest BCUT2D eigenvalue weighted by Gasteiger charge is -2.36. The molecule has 0 spiro atoms. The Balaban J connectivity index is 1.57. The monoisotopic (exact) mass is 270 g/mol. The Kier molecular flexibility index (Phi) is 6.57. The second-order valence-electron chi connectivity index (χ2n) is 6.08. The van der Waals surface area contributed by atoms with Crippen molar-refractivity contribution < 1.29 is 9.47 Å². The highest BCUT2D eigenvalue weighted by molar-refractivity contribution is 4.78. The molecule has 0 aromatic rings. The summed E-state index contributed by atoms with van der Waals surface area (Å²) in [6.07, 6.45) is 5.48. The van der Waals surface area contributed by atoms with Crippen molar-refractivity contribution in [2.45, 2.75) is 44.8 Å². The fourth-order valence-corrected chi connectivity index (χ4v) is 3.18. The van der Waals surface area contributed by atoms with Crippen LogP contribution in [0.3, 0.4) is 0 Å². The quantitative estimate of drug-likeness (QED) is 0.760. The molecular weight excluding hydrogens is 240 g/mol. The molecule has 19 heavy (non-hydrogen) atoms. The van der Waals surface area contributed by atoms with Gasteiger partial charge in [0.1, 0.15) is 0 Å². The molecule has 2 aliphatic rings. The lowest BCUT2D eigenvalue weighted by Crippen LogP contribution is -2.46. The standard InChI is InChI=1S/C15H30N2O2/c1-13(10-16-11-15-4-3-9-19-15)17-7-5-14(6-8-17)12-18-2/h13-16H,3-12H2,1-2H3. The van der Waals surface area contributed by atoms with Gasteiger partial charge in [0.15, 0.2) is 0 Å². The molecule has 2 unspecified atom stereocenters. The molecule has 0 aromatic heterocycles. The van der Waals surface area contributed by atoms with Crippen molar-refractivity contribution in [2.24, 2.45) is 5.92 Å². The predicted octanol–water partition coefficient (Wildman–Crippen LogP) is 1.50. The van der Waals surface area contributed by atoms with Crippen molar-refractivity contribution >= 4 is 0 Å². The summed E-state index contributed by atoms with van der Waals surface area (Å²) in [4.78, 5) is 2.61. The third-order valence-corrected chi connectivity index (χ3v) is 4.51.